The summed E-state index contributed by atoms with van der Waals surface area (Å²) in [6, 6.07) is 13.1. The normalized spacial score (nSPS) is 12.0. The molecule has 0 fully saturated rings. The second kappa shape index (κ2) is 9.50. The molecular formula is C21H24N2O4S. The number of thioether (sulfide) groups is 1. The minimum atomic E-state index is -0.161. The highest BCUT2D eigenvalue weighted by molar-refractivity contribution is 7.99. The fraction of sp³-hybridized carbons (Fsp3) is 0.333. The smallest absolute Gasteiger partial charge is 0.257 e. The van der Waals surface area contributed by atoms with E-state index < -0.39 is 0 Å². The maximum Gasteiger partial charge on any atom is 0.257 e. The Kier molecular flexibility index (Phi) is 6.81. The van der Waals surface area contributed by atoms with Gasteiger partial charge in [-0.3, -0.25) is 4.79 Å². The number of hydrogen-bond donors (Lipinski definition) is 1. The van der Waals surface area contributed by atoms with Crippen molar-refractivity contribution >= 4 is 28.8 Å². The first-order chi connectivity index (χ1) is 13.6. The largest absolute Gasteiger partial charge is 0.490 e. The van der Waals surface area contributed by atoms with E-state index in [1.165, 1.54) is 11.8 Å². The SMILES string of the molecule is CCOc1ccc(C(C)NC(=O)CSc2nc3ccccc3o2)cc1OCC. The van der Waals surface area contributed by atoms with Crippen LogP contribution in [0, 0.1) is 0 Å². The third-order valence-electron chi connectivity index (χ3n) is 4.05. The van der Waals surface area contributed by atoms with Crippen molar-refractivity contribution in [2.75, 3.05) is 19.0 Å². The quantitative estimate of drug-likeness (QED) is 0.530. The molecule has 7 heteroatoms. The van der Waals surface area contributed by atoms with E-state index in [1.54, 1.807) is 0 Å². The van der Waals surface area contributed by atoms with Gasteiger partial charge in [0.15, 0.2) is 17.1 Å². The van der Waals surface area contributed by atoms with Crippen molar-refractivity contribution in [3.8, 4) is 11.5 Å². The summed E-state index contributed by atoms with van der Waals surface area (Å²) < 4.78 is 16.9. The summed E-state index contributed by atoms with van der Waals surface area (Å²) in [5.74, 6) is 1.53. The average molecular weight is 401 g/mol. The molecule has 1 atom stereocenters. The van der Waals surface area contributed by atoms with Crippen molar-refractivity contribution in [1.29, 1.82) is 0 Å². The third-order valence-corrected chi connectivity index (χ3v) is 4.87. The number of amides is 1. The van der Waals surface area contributed by atoms with E-state index in [-0.39, 0.29) is 17.7 Å². The molecule has 0 bridgehead atoms. The zero-order chi connectivity index (χ0) is 19.9. The highest BCUT2D eigenvalue weighted by Crippen LogP contribution is 2.31. The molecular weight excluding hydrogens is 376 g/mol. The number of fused-ring (bicyclic) bond motifs is 1. The first-order valence-corrected chi connectivity index (χ1v) is 10.3. The molecule has 0 saturated carbocycles. The minimum absolute atomic E-state index is 0.0911. The van der Waals surface area contributed by atoms with Crippen molar-refractivity contribution in [3.05, 3.63) is 48.0 Å². The fourth-order valence-corrected chi connectivity index (χ4v) is 3.39. The summed E-state index contributed by atoms with van der Waals surface area (Å²) in [5.41, 5.74) is 2.46. The van der Waals surface area contributed by atoms with Crippen LogP contribution in [0.15, 0.2) is 52.1 Å². The topological polar surface area (TPSA) is 73.6 Å². The zero-order valence-electron chi connectivity index (χ0n) is 16.2. The number of carbonyl (C=O) groups excluding carboxylic acids is 1. The monoisotopic (exact) mass is 400 g/mol. The van der Waals surface area contributed by atoms with E-state index in [0.29, 0.717) is 29.9 Å². The predicted molar refractivity (Wildman–Crippen MR) is 110 cm³/mol. The Morgan fingerprint density at radius 1 is 1.14 bits per heavy atom. The van der Waals surface area contributed by atoms with E-state index in [0.717, 1.165) is 16.7 Å². The van der Waals surface area contributed by atoms with Gasteiger partial charge < -0.3 is 19.2 Å². The summed E-state index contributed by atoms with van der Waals surface area (Å²) in [5, 5.41) is 3.48. The predicted octanol–water partition coefficient (Wildman–Crippen LogP) is 4.59. The molecule has 0 aliphatic heterocycles. The van der Waals surface area contributed by atoms with Gasteiger partial charge in [-0.05, 0) is 50.6 Å². The Morgan fingerprint density at radius 3 is 2.64 bits per heavy atom. The van der Waals surface area contributed by atoms with Crippen molar-refractivity contribution in [2.24, 2.45) is 0 Å². The highest BCUT2D eigenvalue weighted by Gasteiger charge is 2.15. The van der Waals surface area contributed by atoms with Crippen molar-refractivity contribution in [2.45, 2.75) is 32.0 Å². The number of para-hydroxylation sites is 2. The summed E-state index contributed by atoms with van der Waals surface area (Å²) in [7, 11) is 0. The van der Waals surface area contributed by atoms with Crippen molar-refractivity contribution < 1.29 is 18.7 Å². The average Bonchev–Trinajstić information content (AvgIpc) is 3.11. The van der Waals surface area contributed by atoms with Crippen LogP contribution in [0.4, 0.5) is 0 Å². The Labute approximate surface area is 168 Å². The number of nitrogens with zero attached hydrogens (tertiary/aromatic N) is 1. The van der Waals surface area contributed by atoms with Crippen LogP contribution in [0.1, 0.15) is 32.4 Å². The molecule has 148 valence electrons. The van der Waals surface area contributed by atoms with Crippen LogP contribution in [0.2, 0.25) is 0 Å². The molecule has 0 aliphatic carbocycles. The Bertz CT molecular complexity index is 908. The molecule has 3 aromatic rings. The Morgan fingerprint density at radius 2 is 1.89 bits per heavy atom. The maximum absolute atomic E-state index is 12.3. The molecule has 3 rings (SSSR count). The van der Waals surface area contributed by atoms with Crippen LogP contribution in [-0.2, 0) is 4.79 Å². The minimum Gasteiger partial charge on any atom is -0.490 e. The summed E-state index contributed by atoms with van der Waals surface area (Å²) in [4.78, 5) is 16.7. The number of carbonyl (C=O) groups is 1. The van der Waals surface area contributed by atoms with Gasteiger partial charge in [0, 0.05) is 0 Å². The van der Waals surface area contributed by atoms with Gasteiger partial charge in [-0.15, -0.1) is 0 Å². The summed E-state index contributed by atoms with van der Waals surface area (Å²) in [6.45, 7) is 6.91. The molecule has 1 heterocycles. The zero-order valence-corrected chi connectivity index (χ0v) is 17.0. The molecule has 6 nitrogen and oxygen atoms in total. The number of nitrogens with one attached hydrogen (secondary N) is 1. The van der Waals surface area contributed by atoms with E-state index in [1.807, 2.05) is 63.2 Å². The summed E-state index contributed by atoms with van der Waals surface area (Å²) >= 11 is 1.28. The molecule has 2 aromatic carbocycles. The molecule has 1 unspecified atom stereocenters. The van der Waals surface area contributed by atoms with Crippen molar-refractivity contribution in [1.82, 2.24) is 10.3 Å². The molecule has 0 spiro atoms. The summed E-state index contributed by atoms with van der Waals surface area (Å²) in [6.07, 6.45) is 0. The standard InChI is InChI=1S/C21H24N2O4S/c1-4-25-18-11-10-15(12-19(18)26-5-2)14(3)22-20(24)13-28-21-23-16-8-6-7-9-17(16)27-21/h6-12,14H,4-5,13H2,1-3H3,(H,22,24). The van der Waals surface area contributed by atoms with E-state index in [4.69, 9.17) is 13.9 Å². The third kappa shape index (κ3) is 4.98. The first kappa shape index (κ1) is 20.1. The van der Waals surface area contributed by atoms with Crippen LogP contribution in [0.3, 0.4) is 0 Å². The van der Waals surface area contributed by atoms with Gasteiger partial charge in [0.2, 0.25) is 5.91 Å². The van der Waals surface area contributed by atoms with Crippen LogP contribution in [0.5, 0.6) is 11.5 Å². The lowest BCUT2D eigenvalue weighted by molar-refractivity contribution is -0.119. The number of benzene rings is 2. The van der Waals surface area contributed by atoms with Gasteiger partial charge in [0.05, 0.1) is 25.0 Å². The molecule has 28 heavy (non-hydrogen) atoms. The van der Waals surface area contributed by atoms with Crippen LogP contribution in [-0.4, -0.2) is 29.9 Å². The number of hydrogen-bond acceptors (Lipinski definition) is 6. The van der Waals surface area contributed by atoms with Crippen LogP contribution in [0.25, 0.3) is 11.1 Å². The lowest BCUT2D eigenvalue weighted by atomic mass is 10.1. The lowest BCUT2D eigenvalue weighted by Gasteiger charge is -2.17. The van der Waals surface area contributed by atoms with Gasteiger partial charge in [-0.1, -0.05) is 30.0 Å². The maximum atomic E-state index is 12.3. The van der Waals surface area contributed by atoms with Gasteiger partial charge in [-0.25, -0.2) is 4.98 Å². The number of oxazole rings is 1. The molecule has 0 aliphatic rings. The van der Waals surface area contributed by atoms with Gasteiger partial charge in [0.25, 0.3) is 5.22 Å². The Hall–Kier alpha value is -2.67. The highest BCUT2D eigenvalue weighted by atomic mass is 32.2. The molecule has 1 amide bonds. The van der Waals surface area contributed by atoms with Crippen LogP contribution < -0.4 is 14.8 Å². The Balaban J connectivity index is 1.59. The van der Waals surface area contributed by atoms with E-state index in [9.17, 15) is 4.79 Å². The second-order valence-electron chi connectivity index (χ2n) is 6.10. The first-order valence-electron chi connectivity index (χ1n) is 9.28. The number of rotatable bonds is 9. The lowest BCUT2D eigenvalue weighted by Crippen LogP contribution is -2.28. The molecule has 1 aromatic heterocycles. The number of aromatic nitrogens is 1. The second-order valence-corrected chi connectivity index (χ2v) is 7.02. The molecule has 0 radical (unpaired) electrons. The molecule has 0 saturated heterocycles. The van der Waals surface area contributed by atoms with Gasteiger partial charge in [0.1, 0.15) is 5.52 Å². The van der Waals surface area contributed by atoms with Crippen molar-refractivity contribution in [3.63, 3.8) is 0 Å². The van der Waals surface area contributed by atoms with Gasteiger partial charge in [-0.2, -0.15) is 0 Å². The van der Waals surface area contributed by atoms with Crippen LogP contribution >= 0.6 is 11.8 Å². The van der Waals surface area contributed by atoms with Gasteiger partial charge >= 0.3 is 0 Å². The fourth-order valence-electron chi connectivity index (χ4n) is 2.74. The molecule has 1 N–H and O–H groups in total. The van der Waals surface area contributed by atoms with E-state index in [2.05, 4.69) is 10.3 Å². The van der Waals surface area contributed by atoms with E-state index >= 15 is 0 Å². The number of ether oxygens (including phenoxy) is 2.